The third-order valence-electron chi connectivity index (χ3n) is 3.32. The van der Waals surface area contributed by atoms with E-state index < -0.39 is 8.07 Å². The molecule has 1 heterocycles. The summed E-state index contributed by atoms with van der Waals surface area (Å²) in [5, 5.41) is 7.54. The van der Waals surface area contributed by atoms with Crippen LogP contribution < -0.4 is 10.3 Å². The van der Waals surface area contributed by atoms with Crippen molar-refractivity contribution in [1.82, 2.24) is 10.2 Å². The van der Waals surface area contributed by atoms with Crippen LogP contribution in [0, 0.1) is 0 Å². The summed E-state index contributed by atoms with van der Waals surface area (Å²) in [4.78, 5) is 12.1. The summed E-state index contributed by atoms with van der Waals surface area (Å²) in [5.41, 5.74) is 0.297. The van der Waals surface area contributed by atoms with E-state index in [2.05, 4.69) is 45.8 Å². The highest BCUT2D eigenvalue weighted by Gasteiger charge is 2.14. The Morgan fingerprint density at radius 1 is 1.35 bits per heavy atom. The highest BCUT2D eigenvalue weighted by Crippen LogP contribution is 2.29. The molecule has 1 N–H and O–H groups in total. The largest absolute Gasteiger partial charge is 0.467 e. The van der Waals surface area contributed by atoms with E-state index in [1.54, 1.807) is 6.07 Å². The first-order valence-corrected chi connectivity index (χ1v) is 12.3. The SMILES string of the molecule is C[Si](C)(C)CCOCOc1cc(Br)cc2c(CCl)n[nH]c(=O)c12. The van der Waals surface area contributed by atoms with Crippen LogP contribution in [-0.4, -0.2) is 31.7 Å². The lowest BCUT2D eigenvalue weighted by Crippen LogP contribution is -2.22. The van der Waals surface area contributed by atoms with Crippen LogP contribution in [0.5, 0.6) is 5.75 Å². The van der Waals surface area contributed by atoms with Gasteiger partial charge in [0.1, 0.15) is 5.75 Å². The van der Waals surface area contributed by atoms with E-state index in [4.69, 9.17) is 21.1 Å². The van der Waals surface area contributed by atoms with Crippen LogP contribution in [-0.2, 0) is 10.6 Å². The van der Waals surface area contributed by atoms with Gasteiger partial charge in [-0.25, -0.2) is 5.10 Å². The smallest absolute Gasteiger partial charge is 0.275 e. The van der Waals surface area contributed by atoms with Crippen LogP contribution in [0.2, 0.25) is 25.7 Å². The first-order chi connectivity index (χ1) is 10.8. The van der Waals surface area contributed by atoms with E-state index >= 15 is 0 Å². The average Bonchev–Trinajstić information content (AvgIpc) is 2.45. The number of aromatic nitrogens is 2. The van der Waals surface area contributed by atoms with E-state index in [0.717, 1.165) is 10.5 Å². The zero-order valence-corrected chi connectivity index (χ0v) is 16.8. The molecule has 0 saturated carbocycles. The lowest BCUT2D eigenvalue weighted by Gasteiger charge is -2.16. The van der Waals surface area contributed by atoms with Gasteiger partial charge in [0.15, 0.2) is 6.79 Å². The Labute approximate surface area is 149 Å². The molecule has 5 nitrogen and oxygen atoms in total. The number of H-pyrrole nitrogens is 1. The van der Waals surface area contributed by atoms with Crippen LogP contribution >= 0.6 is 27.5 Å². The summed E-state index contributed by atoms with van der Waals surface area (Å²) in [6.07, 6.45) is 0. The van der Waals surface area contributed by atoms with Gasteiger partial charge in [0, 0.05) is 24.5 Å². The molecule has 0 unspecified atom stereocenters. The second-order valence-corrected chi connectivity index (χ2v) is 13.2. The molecular formula is C15H20BrClN2O3Si. The molecule has 0 aliphatic rings. The van der Waals surface area contributed by atoms with Crippen molar-refractivity contribution in [3.63, 3.8) is 0 Å². The number of hydrogen-bond donors (Lipinski definition) is 1. The molecule has 0 saturated heterocycles. The molecule has 0 spiro atoms. The summed E-state index contributed by atoms with van der Waals surface area (Å²) in [5.74, 6) is 0.660. The lowest BCUT2D eigenvalue weighted by molar-refractivity contribution is 0.0229. The number of fused-ring (bicyclic) bond motifs is 1. The fourth-order valence-corrected chi connectivity index (χ4v) is 3.43. The second-order valence-electron chi connectivity index (χ2n) is 6.44. The van der Waals surface area contributed by atoms with Gasteiger partial charge in [-0.15, -0.1) is 11.6 Å². The van der Waals surface area contributed by atoms with Gasteiger partial charge in [-0.3, -0.25) is 4.79 Å². The number of aromatic amines is 1. The summed E-state index contributed by atoms with van der Waals surface area (Å²) in [6.45, 7) is 7.64. The average molecular weight is 420 g/mol. The topological polar surface area (TPSA) is 64.2 Å². The van der Waals surface area contributed by atoms with Gasteiger partial charge in [0.25, 0.3) is 5.56 Å². The van der Waals surface area contributed by atoms with Gasteiger partial charge in [-0.1, -0.05) is 35.6 Å². The summed E-state index contributed by atoms with van der Waals surface area (Å²) in [6, 6.07) is 4.63. The lowest BCUT2D eigenvalue weighted by atomic mass is 10.1. The van der Waals surface area contributed by atoms with Crippen molar-refractivity contribution >= 4 is 46.4 Å². The van der Waals surface area contributed by atoms with Crippen molar-refractivity contribution < 1.29 is 9.47 Å². The number of hydrogen-bond acceptors (Lipinski definition) is 4. The number of rotatable bonds is 7. The van der Waals surface area contributed by atoms with Crippen molar-refractivity contribution in [2.24, 2.45) is 0 Å². The molecule has 8 heteroatoms. The first-order valence-electron chi connectivity index (χ1n) is 7.29. The Bertz CT molecular complexity index is 746. The quantitative estimate of drug-likeness (QED) is 0.317. The standard InChI is InChI=1S/C15H20BrClN2O3Si/c1-23(2,3)5-4-21-9-22-13-7-10(16)6-11-12(8-17)18-19-15(20)14(11)13/h6-7H,4-5,8-9H2,1-3H3,(H,19,20). The molecule has 0 fully saturated rings. The molecule has 126 valence electrons. The van der Waals surface area contributed by atoms with E-state index in [9.17, 15) is 4.79 Å². The molecular weight excluding hydrogens is 400 g/mol. The number of ether oxygens (including phenoxy) is 2. The number of nitrogens with one attached hydrogen (secondary N) is 1. The third kappa shape index (κ3) is 5.04. The van der Waals surface area contributed by atoms with Gasteiger partial charge < -0.3 is 9.47 Å². The van der Waals surface area contributed by atoms with Gasteiger partial charge in [0.05, 0.1) is 17.0 Å². The van der Waals surface area contributed by atoms with Crippen LogP contribution in [0.3, 0.4) is 0 Å². The van der Waals surface area contributed by atoms with Crippen molar-refractivity contribution in [3.05, 3.63) is 32.7 Å². The number of alkyl halides is 1. The third-order valence-corrected chi connectivity index (χ3v) is 5.73. The van der Waals surface area contributed by atoms with Crippen molar-refractivity contribution in [2.75, 3.05) is 13.4 Å². The minimum absolute atomic E-state index is 0.105. The molecule has 0 bridgehead atoms. The van der Waals surface area contributed by atoms with E-state index in [0.29, 0.717) is 28.8 Å². The van der Waals surface area contributed by atoms with Crippen LogP contribution in [0.25, 0.3) is 10.8 Å². The van der Waals surface area contributed by atoms with Crippen molar-refractivity contribution in [3.8, 4) is 5.75 Å². The second kappa shape index (κ2) is 7.79. The predicted octanol–water partition coefficient (Wildman–Crippen LogP) is 4.12. The Morgan fingerprint density at radius 3 is 2.74 bits per heavy atom. The minimum Gasteiger partial charge on any atom is -0.467 e. The van der Waals surface area contributed by atoms with Gasteiger partial charge in [0.2, 0.25) is 0 Å². The number of nitrogens with zero attached hydrogens (tertiary/aromatic N) is 1. The molecule has 23 heavy (non-hydrogen) atoms. The maximum Gasteiger partial charge on any atom is 0.275 e. The Balaban J connectivity index is 2.19. The predicted molar refractivity (Wildman–Crippen MR) is 99.2 cm³/mol. The van der Waals surface area contributed by atoms with Gasteiger partial charge >= 0.3 is 0 Å². The molecule has 1 aromatic carbocycles. The molecule has 2 rings (SSSR count). The van der Waals surface area contributed by atoms with E-state index in [-0.39, 0.29) is 18.2 Å². The molecule has 0 atom stereocenters. The number of benzene rings is 1. The zero-order chi connectivity index (χ0) is 17.0. The summed E-state index contributed by atoms with van der Waals surface area (Å²) < 4.78 is 12.0. The number of halogens is 2. The van der Waals surface area contributed by atoms with Crippen LogP contribution in [0.1, 0.15) is 5.69 Å². The minimum atomic E-state index is -1.13. The first kappa shape index (κ1) is 18.4. The van der Waals surface area contributed by atoms with E-state index in [1.807, 2.05) is 6.07 Å². The highest BCUT2D eigenvalue weighted by atomic mass is 79.9. The molecule has 0 aliphatic heterocycles. The maximum atomic E-state index is 12.1. The summed E-state index contributed by atoms with van der Waals surface area (Å²) in [7, 11) is -1.13. The van der Waals surface area contributed by atoms with Gasteiger partial charge in [-0.2, -0.15) is 5.10 Å². The molecule has 1 aromatic heterocycles. The van der Waals surface area contributed by atoms with Crippen molar-refractivity contribution in [2.45, 2.75) is 31.6 Å². The highest BCUT2D eigenvalue weighted by molar-refractivity contribution is 9.10. The van der Waals surface area contributed by atoms with Crippen molar-refractivity contribution in [1.29, 1.82) is 0 Å². The molecule has 0 radical (unpaired) electrons. The normalized spacial score (nSPS) is 11.9. The fraction of sp³-hybridized carbons (Fsp3) is 0.467. The summed E-state index contributed by atoms with van der Waals surface area (Å²) >= 11 is 9.31. The van der Waals surface area contributed by atoms with Crippen LogP contribution in [0.4, 0.5) is 0 Å². The maximum absolute atomic E-state index is 12.1. The Morgan fingerprint density at radius 2 is 2.09 bits per heavy atom. The Hall–Kier alpha value is -0.893. The van der Waals surface area contributed by atoms with Gasteiger partial charge in [-0.05, 0) is 18.2 Å². The molecule has 0 amide bonds. The molecule has 0 aliphatic carbocycles. The monoisotopic (exact) mass is 418 g/mol. The Kier molecular flexibility index (Phi) is 6.24. The fourth-order valence-electron chi connectivity index (χ4n) is 2.04. The zero-order valence-electron chi connectivity index (χ0n) is 13.4. The van der Waals surface area contributed by atoms with Crippen LogP contribution in [0.15, 0.2) is 21.4 Å². The molecule has 2 aromatic rings. The van der Waals surface area contributed by atoms with E-state index in [1.165, 1.54) is 0 Å².